The molecular formula is C63H96O6. The fourth-order valence-corrected chi connectivity index (χ4v) is 6.52. The second-order valence-electron chi connectivity index (χ2n) is 17.0. The van der Waals surface area contributed by atoms with E-state index in [1.165, 1.54) is 25.7 Å². The molecule has 0 heterocycles. The molecule has 6 nitrogen and oxygen atoms in total. The quantitative estimate of drug-likeness (QED) is 0.0262. The van der Waals surface area contributed by atoms with Crippen molar-refractivity contribution in [1.82, 2.24) is 0 Å². The Morgan fingerprint density at radius 3 is 0.986 bits per heavy atom. The van der Waals surface area contributed by atoms with Crippen LogP contribution in [0.4, 0.5) is 0 Å². The highest BCUT2D eigenvalue weighted by Crippen LogP contribution is 2.10. The second-order valence-corrected chi connectivity index (χ2v) is 17.0. The van der Waals surface area contributed by atoms with E-state index in [4.69, 9.17) is 14.2 Å². The average Bonchev–Trinajstić information content (AvgIpc) is 3.35. The van der Waals surface area contributed by atoms with Gasteiger partial charge in [0.25, 0.3) is 0 Å². The lowest BCUT2D eigenvalue weighted by atomic mass is 10.1. The van der Waals surface area contributed by atoms with Gasteiger partial charge in [0.05, 0.1) is 0 Å². The molecule has 0 saturated carbocycles. The van der Waals surface area contributed by atoms with Gasteiger partial charge in [-0.05, 0) is 135 Å². The molecule has 0 spiro atoms. The third kappa shape index (κ3) is 53.8. The van der Waals surface area contributed by atoms with Crippen LogP contribution < -0.4 is 0 Å². The summed E-state index contributed by atoms with van der Waals surface area (Å²) in [6.07, 6.45) is 81.0. The molecule has 0 aliphatic rings. The van der Waals surface area contributed by atoms with Crippen LogP contribution in [0.5, 0.6) is 0 Å². The first-order valence-electron chi connectivity index (χ1n) is 27.0. The summed E-state index contributed by atoms with van der Waals surface area (Å²) in [4.78, 5) is 38.0. The maximum Gasteiger partial charge on any atom is 0.306 e. The molecular weight excluding hydrogens is 853 g/mol. The first kappa shape index (κ1) is 64.0. The Labute approximate surface area is 422 Å². The molecule has 0 N–H and O–H groups in total. The summed E-state index contributed by atoms with van der Waals surface area (Å²) in [5.74, 6) is -1.10. The predicted molar refractivity (Wildman–Crippen MR) is 297 cm³/mol. The predicted octanol–water partition coefficient (Wildman–Crippen LogP) is 18.2. The molecule has 0 aliphatic carbocycles. The van der Waals surface area contributed by atoms with Crippen molar-refractivity contribution in [2.75, 3.05) is 13.2 Å². The third-order valence-corrected chi connectivity index (χ3v) is 10.5. The largest absolute Gasteiger partial charge is 0.462 e. The van der Waals surface area contributed by atoms with Gasteiger partial charge < -0.3 is 14.2 Å². The number of allylic oxidation sites excluding steroid dienone is 26. The van der Waals surface area contributed by atoms with Crippen LogP contribution in [-0.4, -0.2) is 37.2 Å². The van der Waals surface area contributed by atoms with E-state index in [9.17, 15) is 14.4 Å². The highest BCUT2D eigenvalue weighted by molar-refractivity contribution is 5.71. The molecule has 0 aliphatic heterocycles. The van der Waals surface area contributed by atoms with E-state index in [0.717, 1.165) is 122 Å². The summed E-state index contributed by atoms with van der Waals surface area (Å²) < 4.78 is 16.7. The minimum Gasteiger partial charge on any atom is -0.462 e. The highest BCUT2D eigenvalue weighted by Gasteiger charge is 2.19. The molecule has 0 aromatic heterocycles. The van der Waals surface area contributed by atoms with Gasteiger partial charge >= 0.3 is 17.9 Å². The molecule has 6 heteroatoms. The highest BCUT2D eigenvalue weighted by atomic mass is 16.6. The Hall–Kier alpha value is -4.97. The molecule has 0 aromatic carbocycles. The van der Waals surface area contributed by atoms with E-state index in [-0.39, 0.29) is 44.0 Å². The van der Waals surface area contributed by atoms with Gasteiger partial charge in [0, 0.05) is 19.3 Å². The normalized spacial score (nSPS) is 13.4. The lowest BCUT2D eigenvalue weighted by molar-refractivity contribution is -0.166. The van der Waals surface area contributed by atoms with Crippen molar-refractivity contribution in [1.29, 1.82) is 0 Å². The zero-order valence-corrected chi connectivity index (χ0v) is 43.8. The van der Waals surface area contributed by atoms with Crippen LogP contribution in [0, 0.1) is 0 Å². The van der Waals surface area contributed by atoms with Crippen molar-refractivity contribution >= 4 is 17.9 Å². The number of hydrogen-bond donors (Lipinski definition) is 0. The molecule has 0 rings (SSSR count). The molecule has 0 saturated heterocycles. The molecule has 384 valence electrons. The van der Waals surface area contributed by atoms with Crippen molar-refractivity contribution in [3.8, 4) is 0 Å². The summed E-state index contributed by atoms with van der Waals surface area (Å²) in [7, 11) is 0. The number of unbranched alkanes of at least 4 members (excludes halogenated alkanes) is 9. The second kappa shape index (κ2) is 55.6. The van der Waals surface area contributed by atoms with E-state index in [0.29, 0.717) is 19.3 Å². The van der Waals surface area contributed by atoms with Crippen molar-refractivity contribution in [3.05, 3.63) is 158 Å². The minimum absolute atomic E-state index is 0.138. The number of esters is 3. The Morgan fingerprint density at radius 1 is 0.304 bits per heavy atom. The number of rotatable bonds is 46. The van der Waals surface area contributed by atoms with Crippen LogP contribution in [0.15, 0.2) is 158 Å². The smallest absolute Gasteiger partial charge is 0.306 e. The number of ether oxygens (including phenoxy) is 3. The van der Waals surface area contributed by atoms with Gasteiger partial charge in [-0.3, -0.25) is 14.4 Å². The van der Waals surface area contributed by atoms with E-state index < -0.39 is 6.10 Å². The SMILES string of the molecule is CC/C=C\C/C=C\C/C=C\C/C=C\CCCCCCC(=O)OC[C@H](COC(=O)CC/C=C\C/C=C\C/C=C\C/C=C\C/C=C\CCCCC)OC(=O)CCCC/C=C\C/C=C\C/C=C\C/C=C\CC. The Bertz CT molecular complexity index is 1610. The van der Waals surface area contributed by atoms with Crippen molar-refractivity contribution < 1.29 is 28.6 Å². The van der Waals surface area contributed by atoms with Crippen LogP contribution in [0.1, 0.15) is 201 Å². The first-order valence-corrected chi connectivity index (χ1v) is 27.0. The first-order chi connectivity index (χ1) is 34.0. The fraction of sp³-hybridized carbons (Fsp3) is 0.540. The molecule has 0 amide bonds. The summed E-state index contributed by atoms with van der Waals surface area (Å²) in [5, 5.41) is 0. The summed E-state index contributed by atoms with van der Waals surface area (Å²) in [6.45, 7) is 6.23. The Morgan fingerprint density at radius 2 is 0.594 bits per heavy atom. The van der Waals surface area contributed by atoms with Crippen molar-refractivity contribution in [3.63, 3.8) is 0 Å². The molecule has 1 atom stereocenters. The fourth-order valence-electron chi connectivity index (χ4n) is 6.52. The molecule has 0 bridgehead atoms. The van der Waals surface area contributed by atoms with Gasteiger partial charge in [-0.25, -0.2) is 0 Å². The van der Waals surface area contributed by atoms with Gasteiger partial charge in [-0.15, -0.1) is 0 Å². The van der Waals surface area contributed by atoms with Crippen LogP contribution in [0.25, 0.3) is 0 Å². The zero-order chi connectivity index (χ0) is 50.0. The maximum atomic E-state index is 12.8. The standard InChI is InChI=1S/C63H96O6/c1-4-7-10-13-16-19-22-25-28-30-31-33-36-38-41-44-47-50-53-56-62(65)68-59-60(69-63(66)57-54-51-48-45-42-39-34-27-24-21-18-15-12-9-6-3)58-67-61(64)55-52-49-46-43-40-37-35-32-29-26-23-20-17-14-11-8-5-2/h8-9,11-12,16-21,25-29,31,33-35,37-38,41-42,45,47,50,60H,4-7,10,13-15,22-24,30,32,36,39-40,43-44,46,48-49,51-59H2,1-3H3/b11-8-,12-9-,19-16-,20-17-,21-18-,28-25-,29-26-,33-31-,34-27-,37-35-,41-38-,45-42-,50-47-/t60-/m1/s1. The van der Waals surface area contributed by atoms with Gasteiger partial charge in [0.15, 0.2) is 6.10 Å². The molecule has 0 unspecified atom stereocenters. The number of carbonyl (C=O) groups excluding carboxylic acids is 3. The van der Waals surface area contributed by atoms with E-state index in [1.807, 2.05) is 12.2 Å². The van der Waals surface area contributed by atoms with E-state index in [2.05, 4.69) is 167 Å². The van der Waals surface area contributed by atoms with E-state index >= 15 is 0 Å². The molecule has 0 aromatic rings. The average molecular weight is 949 g/mol. The monoisotopic (exact) mass is 949 g/mol. The number of carbonyl (C=O) groups is 3. The van der Waals surface area contributed by atoms with Crippen molar-refractivity contribution in [2.45, 2.75) is 207 Å². The maximum absolute atomic E-state index is 12.8. The minimum atomic E-state index is -0.848. The van der Waals surface area contributed by atoms with Gasteiger partial charge in [-0.1, -0.05) is 204 Å². The van der Waals surface area contributed by atoms with Crippen molar-refractivity contribution in [2.24, 2.45) is 0 Å². The van der Waals surface area contributed by atoms with Gasteiger partial charge in [-0.2, -0.15) is 0 Å². The molecule has 0 fully saturated rings. The lowest BCUT2D eigenvalue weighted by Gasteiger charge is -2.18. The van der Waals surface area contributed by atoms with E-state index in [1.54, 1.807) is 0 Å². The van der Waals surface area contributed by atoms with Crippen LogP contribution in [0.3, 0.4) is 0 Å². The summed E-state index contributed by atoms with van der Waals surface area (Å²) in [6, 6.07) is 0. The van der Waals surface area contributed by atoms with Crippen LogP contribution >= 0.6 is 0 Å². The van der Waals surface area contributed by atoms with Crippen LogP contribution in [-0.2, 0) is 28.6 Å². The summed E-state index contributed by atoms with van der Waals surface area (Å²) >= 11 is 0. The van der Waals surface area contributed by atoms with Gasteiger partial charge in [0.1, 0.15) is 13.2 Å². The third-order valence-electron chi connectivity index (χ3n) is 10.5. The lowest BCUT2D eigenvalue weighted by Crippen LogP contribution is -2.30. The molecule has 0 radical (unpaired) electrons. The Balaban J connectivity index is 4.64. The Kier molecular flexibility index (Phi) is 51.6. The van der Waals surface area contributed by atoms with Crippen LogP contribution in [0.2, 0.25) is 0 Å². The summed E-state index contributed by atoms with van der Waals surface area (Å²) in [5.41, 5.74) is 0. The van der Waals surface area contributed by atoms with Gasteiger partial charge in [0.2, 0.25) is 0 Å². The number of hydrogen-bond acceptors (Lipinski definition) is 6. The molecule has 69 heavy (non-hydrogen) atoms. The zero-order valence-electron chi connectivity index (χ0n) is 43.8. The topological polar surface area (TPSA) is 78.9 Å².